The van der Waals surface area contributed by atoms with Crippen LogP contribution in [0.25, 0.3) is 11.0 Å². The quantitative estimate of drug-likeness (QED) is 0.469. The van der Waals surface area contributed by atoms with E-state index in [-0.39, 0.29) is 12.2 Å². The first kappa shape index (κ1) is 18.6. The molecule has 144 valence electrons. The summed E-state index contributed by atoms with van der Waals surface area (Å²) in [5, 5.41) is 1.47. The minimum Gasteiger partial charge on any atom is -0.479 e. The normalized spacial score (nSPS) is 13.9. The predicted molar refractivity (Wildman–Crippen MR) is 106 cm³/mol. The molecule has 3 aromatic rings. The molecule has 0 amide bonds. The highest BCUT2D eigenvalue weighted by Crippen LogP contribution is 2.30. The standard InChI is InChI=1S/C22H19ClO5/c1-13(21(24)26-12-14-5-2-3-8-19(14)23)27-15-9-10-17-16-6-4-7-18(16)22(25)28-20(17)11-15/h2-3,5,8-11,13H,4,6-7,12H2,1H3/t13-/m0/s1. The second-order valence-electron chi connectivity index (χ2n) is 6.82. The van der Waals surface area contributed by atoms with Crippen LogP contribution in [0.1, 0.15) is 30.0 Å². The first-order chi connectivity index (χ1) is 13.5. The molecule has 0 spiro atoms. The second kappa shape index (κ2) is 7.68. The first-order valence-electron chi connectivity index (χ1n) is 9.18. The van der Waals surface area contributed by atoms with Crippen molar-refractivity contribution in [2.75, 3.05) is 0 Å². The smallest absolute Gasteiger partial charge is 0.347 e. The summed E-state index contributed by atoms with van der Waals surface area (Å²) in [4.78, 5) is 24.4. The molecule has 0 radical (unpaired) electrons. The molecule has 1 atom stereocenters. The van der Waals surface area contributed by atoms with Crippen LogP contribution < -0.4 is 10.4 Å². The Bertz CT molecular complexity index is 1100. The van der Waals surface area contributed by atoms with Gasteiger partial charge in [0.15, 0.2) is 6.10 Å². The average Bonchev–Trinajstić information content (AvgIpc) is 3.18. The van der Waals surface area contributed by atoms with Crippen LogP contribution >= 0.6 is 11.6 Å². The van der Waals surface area contributed by atoms with Gasteiger partial charge in [-0.1, -0.05) is 29.8 Å². The fraction of sp³-hybridized carbons (Fsp3) is 0.273. The van der Waals surface area contributed by atoms with Gasteiger partial charge in [-0.15, -0.1) is 0 Å². The number of hydrogen-bond acceptors (Lipinski definition) is 5. The van der Waals surface area contributed by atoms with E-state index >= 15 is 0 Å². The lowest BCUT2D eigenvalue weighted by Gasteiger charge is -2.15. The first-order valence-corrected chi connectivity index (χ1v) is 9.56. The fourth-order valence-electron chi connectivity index (χ4n) is 3.47. The summed E-state index contributed by atoms with van der Waals surface area (Å²) in [5.74, 6) is -0.0637. The topological polar surface area (TPSA) is 65.7 Å². The summed E-state index contributed by atoms with van der Waals surface area (Å²) < 4.78 is 16.4. The molecular weight excluding hydrogens is 380 g/mol. The van der Waals surface area contributed by atoms with Crippen molar-refractivity contribution in [3.05, 3.63) is 74.6 Å². The maximum Gasteiger partial charge on any atom is 0.347 e. The molecule has 0 saturated heterocycles. The number of halogens is 1. The van der Waals surface area contributed by atoms with E-state index in [4.69, 9.17) is 25.5 Å². The molecule has 1 aromatic heterocycles. The van der Waals surface area contributed by atoms with E-state index in [0.29, 0.717) is 16.4 Å². The number of carbonyl (C=O) groups is 1. The van der Waals surface area contributed by atoms with Crippen molar-refractivity contribution in [1.29, 1.82) is 0 Å². The van der Waals surface area contributed by atoms with Crippen molar-refractivity contribution in [2.45, 2.75) is 38.9 Å². The van der Waals surface area contributed by atoms with Gasteiger partial charge in [-0.25, -0.2) is 9.59 Å². The average molecular weight is 399 g/mol. The van der Waals surface area contributed by atoms with E-state index in [1.54, 1.807) is 31.2 Å². The van der Waals surface area contributed by atoms with Gasteiger partial charge in [-0.2, -0.15) is 0 Å². The summed E-state index contributed by atoms with van der Waals surface area (Å²) in [5.41, 5.74) is 2.75. The van der Waals surface area contributed by atoms with E-state index in [2.05, 4.69) is 0 Å². The molecule has 0 aliphatic heterocycles. The Morgan fingerprint density at radius 2 is 1.96 bits per heavy atom. The van der Waals surface area contributed by atoms with E-state index in [1.165, 1.54) is 0 Å². The molecule has 0 fully saturated rings. The molecule has 1 aliphatic carbocycles. The lowest BCUT2D eigenvalue weighted by Crippen LogP contribution is -2.26. The maximum atomic E-state index is 12.2. The number of esters is 1. The number of ether oxygens (including phenoxy) is 2. The number of fused-ring (bicyclic) bond motifs is 3. The van der Waals surface area contributed by atoms with Gasteiger partial charge in [0.2, 0.25) is 0 Å². The van der Waals surface area contributed by atoms with Gasteiger partial charge >= 0.3 is 11.6 Å². The summed E-state index contributed by atoms with van der Waals surface area (Å²) in [7, 11) is 0. The fourth-order valence-corrected chi connectivity index (χ4v) is 3.66. The molecule has 0 saturated carbocycles. The molecule has 0 N–H and O–H groups in total. The van der Waals surface area contributed by atoms with Crippen LogP contribution in [0.15, 0.2) is 51.7 Å². The van der Waals surface area contributed by atoms with E-state index in [1.807, 2.05) is 18.2 Å². The van der Waals surface area contributed by atoms with Crippen molar-refractivity contribution in [3.63, 3.8) is 0 Å². The van der Waals surface area contributed by atoms with Crippen molar-refractivity contribution >= 4 is 28.5 Å². The van der Waals surface area contributed by atoms with Crippen LogP contribution in [0, 0.1) is 0 Å². The number of carbonyl (C=O) groups excluding carboxylic acids is 1. The Balaban J connectivity index is 1.47. The highest BCUT2D eigenvalue weighted by molar-refractivity contribution is 6.31. The Morgan fingerprint density at radius 1 is 1.18 bits per heavy atom. The van der Waals surface area contributed by atoms with E-state index in [9.17, 15) is 9.59 Å². The summed E-state index contributed by atoms with van der Waals surface area (Å²) in [6, 6.07) is 12.5. The van der Waals surface area contributed by atoms with Crippen LogP contribution in [0.4, 0.5) is 0 Å². The Labute approximate surface area is 166 Å². The third-order valence-electron chi connectivity index (χ3n) is 4.92. The van der Waals surface area contributed by atoms with Crippen LogP contribution in [0.2, 0.25) is 5.02 Å². The van der Waals surface area contributed by atoms with Crippen molar-refractivity contribution in [2.24, 2.45) is 0 Å². The lowest BCUT2D eigenvalue weighted by atomic mass is 10.1. The van der Waals surface area contributed by atoms with Gasteiger partial charge in [-0.3, -0.25) is 0 Å². The zero-order valence-corrected chi connectivity index (χ0v) is 16.1. The zero-order chi connectivity index (χ0) is 19.7. The molecule has 0 unspecified atom stereocenters. The molecule has 4 rings (SSSR count). The van der Waals surface area contributed by atoms with Gasteiger partial charge in [0, 0.05) is 27.6 Å². The third kappa shape index (κ3) is 3.62. The lowest BCUT2D eigenvalue weighted by molar-refractivity contribution is -0.152. The molecule has 1 aliphatic rings. The van der Waals surface area contributed by atoms with E-state index in [0.717, 1.165) is 41.3 Å². The zero-order valence-electron chi connectivity index (χ0n) is 15.4. The largest absolute Gasteiger partial charge is 0.479 e. The van der Waals surface area contributed by atoms with Gasteiger partial charge in [0.1, 0.15) is 17.9 Å². The van der Waals surface area contributed by atoms with Gasteiger partial charge < -0.3 is 13.9 Å². The van der Waals surface area contributed by atoms with Crippen LogP contribution in [0.3, 0.4) is 0 Å². The highest BCUT2D eigenvalue weighted by atomic mass is 35.5. The number of hydrogen-bond donors (Lipinski definition) is 0. The number of aryl methyl sites for hydroxylation is 1. The van der Waals surface area contributed by atoms with E-state index < -0.39 is 12.1 Å². The summed E-state index contributed by atoms with van der Waals surface area (Å²) in [6.45, 7) is 1.68. The molecule has 5 nitrogen and oxygen atoms in total. The number of benzene rings is 2. The monoisotopic (exact) mass is 398 g/mol. The molecule has 0 bridgehead atoms. The summed E-state index contributed by atoms with van der Waals surface area (Å²) in [6.07, 6.45) is 1.79. The Hall–Kier alpha value is -2.79. The highest BCUT2D eigenvalue weighted by Gasteiger charge is 2.21. The molecule has 6 heteroatoms. The van der Waals surface area contributed by atoms with Crippen LogP contribution in [0.5, 0.6) is 5.75 Å². The molecule has 1 heterocycles. The molecule has 2 aromatic carbocycles. The Kier molecular flexibility index (Phi) is 5.09. The third-order valence-corrected chi connectivity index (χ3v) is 5.29. The van der Waals surface area contributed by atoms with Crippen molar-refractivity contribution < 1.29 is 18.7 Å². The van der Waals surface area contributed by atoms with Crippen molar-refractivity contribution in [1.82, 2.24) is 0 Å². The maximum absolute atomic E-state index is 12.2. The summed E-state index contributed by atoms with van der Waals surface area (Å²) >= 11 is 6.07. The molecule has 28 heavy (non-hydrogen) atoms. The van der Waals surface area contributed by atoms with Crippen LogP contribution in [-0.4, -0.2) is 12.1 Å². The van der Waals surface area contributed by atoms with Gasteiger partial charge in [0.05, 0.1) is 0 Å². The number of rotatable bonds is 5. The van der Waals surface area contributed by atoms with Crippen LogP contribution in [-0.2, 0) is 29.0 Å². The van der Waals surface area contributed by atoms with Gasteiger partial charge in [0.25, 0.3) is 0 Å². The minimum atomic E-state index is -0.818. The Morgan fingerprint density at radius 3 is 2.79 bits per heavy atom. The SMILES string of the molecule is C[C@H](Oc1ccc2c3c(c(=O)oc2c1)CCC3)C(=O)OCc1ccccc1Cl. The predicted octanol–water partition coefficient (Wildman–Crippen LogP) is 4.45. The minimum absolute atomic E-state index is 0.0743. The molecular formula is C22H19ClO5. The second-order valence-corrected chi connectivity index (χ2v) is 7.22. The van der Waals surface area contributed by atoms with Gasteiger partial charge in [-0.05, 0) is 49.9 Å². The van der Waals surface area contributed by atoms with Crippen molar-refractivity contribution in [3.8, 4) is 5.75 Å².